The summed E-state index contributed by atoms with van der Waals surface area (Å²) < 4.78 is 31.0. The number of nitrogens with zero attached hydrogens (tertiary/aromatic N) is 1. The van der Waals surface area contributed by atoms with Crippen LogP contribution in [0.25, 0.3) is 5.70 Å². The lowest BCUT2D eigenvalue weighted by Gasteiger charge is -2.22. The van der Waals surface area contributed by atoms with E-state index < -0.39 is 5.82 Å². The van der Waals surface area contributed by atoms with Gasteiger partial charge in [-0.1, -0.05) is 6.58 Å². The van der Waals surface area contributed by atoms with Gasteiger partial charge < -0.3 is 30.2 Å². The third-order valence-electron chi connectivity index (χ3n) is 5.20. The van der Waals surface area contributed by atoms with E-state index in [1.54, 1.807) is 57.7 Å². The molecule has 9 heteroatoms. The number of carbonyl (C=O) groups is 1. The minimum absolute atomic E-state index is 0.0921. The summed E-state index contributed by atoms with van der Waals surface area (Å²) >= 11 is 0. The molecule has 2 rings (SSSR count). The third kappa shape index (κ3) is 8.70. The van der Waals surface area contributed by atoms with Gasteiger partial charge >= 0.3 is 6.03 Å². The molecule has 0 atom stereocenters. The fourth-order valence-electron chi connectivity index (χ4n) is 3.05. The Balaban J connectivity index is 2.05. The summed E-state index contributed by atoms with van der Waals surface area (Å²) in [7, 11) is 3.19. The SMILES string of the molecule is C=C(Nc1ccc(NC(=O)NCCC(C)(C)OC)cc1)c1c(N=CC)ccc(OCCOC)c1F. The zero-order valence-corrected chi connectivity index (χ0v) is 21.0. The number of ether oxygens (including phenoxy) is 3. The third-order valence-corrected chi connectivity index (χ3v) is 5.20. The van der Waals surface area contributed by atoms with Crippen molar-refractivity contribution in [3.05, 3.63) is 54.4 Å². The van der Waals surface area contributed by atoms with E-state index >= 15 is 4.39 Å². The molecule has 0 fully saturated rings. The van der Waals surface area contributed by atoms with Crippen LogP contribution in [-0.4, -0.2) is 51.8 Å². The van der Waals surface area contributed by atoms with E-state index in [1.807, 2.05) is 13.8 Å². The number of nitrogens with one attached hydrogen (secondary N) is 3. The lowest BCUT2D eigenvalue weighted by molar-refractivity contribution is 0.0165. The molecule has 0 saturated carbocycles. The van der Waals surface area contributed by atoms with Crippen LogP contribution in [0.4, 0.5) is 26.2 Å². The Morgan fingerprint density at radius 3 is 2.34 bits per heavy atom. The molecule has 0 aliphatic rings. The molecule has 0 aromatic heterocycles. The molecule has 35 heavy (non-hydrogen) atoms. The number of methoxy groups -OCH3 is 2. The smallest absolute Gasteiger partial charge is 0.319 e. The molecule has 8 nitrogen and oxygen atoms in total. The molecule has 2 aromatic carbocycles. The molecule has 0 heterocycles. The average molecular weight is 487 g/mol. The first-order valence-corrected chi connectivity index (χ1v) is 11.3. The summed E-state index contributed by atoms with van der Waals surface area (Å²) in [4.78, 5) is 16.4. The number of halogens is 1. The number of hydrogen-bond donors (Lipinski definition) is 3. The van der Waals surface area contributed by atoms with Gasteiger partial charge in [0, 0.05) is 44.1 Å². The number of amides is 2. The monoisotopic (exact) mass is 486 g/mol. The largest absolute Gasteiger partial charge is 0.488 e. The maximum absolute atomic E-state index is 15.2. The van der Waals surface area contributed by atoms with Gasteiger partial charge in [0.1, 0.15) is 6.61 Å². The summed E-state index contributed by atoms with van der Waals surface area (Å²) in [6.45, 7) is 10.7. The van der Waals surface area contributed by atoms with Crippen molar-refractivity contribution >= 4 is 35.0 Å². The Morgan fingerprint density at radius 2 is 1.74 bits per heavy atom. The second-order valence-electron chi connectivity index (χ2n) is 8.28. The van der Waals surface area contributed by atoms with Gasteiger partial charge in [-0.3, -0.25) is 4.99 Å². The summed E-state index contributed by atoms with van der Waals surface area (Å²) in [5, 5.41) is 8.68. The number of carbonyl (C=O) groups excluding carboxylic acids is 1. The van der Waals surface area contributed by atoms with Crippen molar-refractivity contribution in [1.82, 2.24) is 5.32 Å². The number of urea groups is 1. The van der Waals surface area contributed by atoms with E-state index in [2.05, 4.69) is 27.5 Å². The summed E-state index contributed by atoms with van der Waals surface area (Å²) in [6, 6.07) is 9.89. The van der Waals surface area contributed by atoms with E-state index in [1.165, 1.54) is 6.07 Å². The first-order chi connectivity index (χ1) is 16.7. The van der Waals surface area contributed by atoms with Gasteiger partial charge in [-0.2, -0.15) is 0 Å². The number of benzene rings is 2. The highest BCUT2D eigenvalue weighted by atomic mass is 19.1. The topological polar surface area (TPSA) is 93.2 Å². The van der Waals surface area contributed by atoms with Crippen molar-refractivity contribution in [3.63, 3.8) is 0 Å². The van der Waals surface area contributed by atoms with Crippen LogP contribution in [0.15, 0.2) is 48.0 Å². The second kappa shape index (κ2) is 13.5. The molecular weight excluding hydrogens is 451 g/mol. The average Bonchev–Trinajstić information content (AvgIpc) is 2.82. The van der Waals surface area contributed by atoms with Gasteiger partial charge in [-0.05, 0) is 63.6 Å². The molecule has 2 aromatic rings. The van der Waals surface area contributed by atoms with Gasteiger partial charge in [0.2, 0.25) is 0 Å². The molecule has 0 aliphatic carbocycles. The molecule has 0 saturated heterocycles. The quantitative estimate of drug-likeness (QED) is 0.253. The number of hydrogen-bond acceptors (Lipinski definition) is 6. The first-order valence-electron chi connectivity index (χ1n) is 11.3. The Kier molecular flexibility index (Phi) is 10.7. The Morgan fingerprint density at radius 1 is 1.09 bits per heavy atom. The van der Waals surface area contributed by atoms with Crippen molar-refractivity contribution < 1.29 is 23.4 Å². The van der Waals surface area contributed by atoms with Crippen LogP contribution in [0.1, 0.15) is 32.8 Å². The molecule has 3 N–H and O–H groups in total. The molecule has 0 unspecified atom stereocenters. The molecule has 0 aliphatic heterocycles. The highest BCUT2D eigenvalue weighted by molar-refractivity contribution is 5.90. The van der Waals surface area contributed by atoms with Gasteiger partial charge in [-0.25, -0.2) is 9.18 Å². The minimum Gasteiger partial charge on any atom is -0.488 e. The molecule has 2 amide bonds. The van der Waals surface area contributed by atoms with Crippen LogP contribution in [-0.2, 0) is 9.47 Å². The van der Waals surface area contributed by atoms with Crippen molar-refractivity contribution in [2.24, 2.45) is 4.99 Å². The molecule has 0 radical (unpaired) electrons. The number of aliphatic imine (C=N–C) groups is 1. The van der Waals surface area contributed by atoms with Crippen LogP contribution in [0.5, 0.6) is 5.75 Å². The lowest BCUT2D eigenvalue weighted by Crippen LogP contribution is -2.34. The van der Waals surface area contributed by atoms with Crippen molar-refractivity contribution in [3.8, 4) is 5.75 Å². The normalized spacial score (nSPS) is 11.4. The van der Waals surface area contributed by atoms with E-state index in [4.69, 9.17) is 14.2 Å². The fraction of sp³-hybridized carbons (Fsp3) is 0.385. The van der Waals surface area contributed by atoms with Gasteiger partial charge in [-0.15, -0.1) is 0 Å². The minimum atomic E-state index is -0.562. The van der Waals surface area contributed by atoms with Gasteiger partial charge in [0.15, 0.2) is 11.6 Å². The van der Waals surface area contributed by atoms with E-state index in [-0.39, 0.29) is 29.6 Å². The number of rotatable bonds is 13. The van der Waals surface area contributed by atoms with Crippen molar-refractivity contribution in [1.29, 1.82) is 0 Å². The standard InChI is InChI=1S/C26H35FN4O4/c1-7-28-21-12-13-22(35-17-16-33-5)24(27)23(21)18(2)30-19-8-10-20(11-9-19)31-25(32)29-15-14-26(3,4)34-6/h7-13,30H,2,14-17H2,1,3-6H3,(H2,29,31,32). The molecule has 0 bridgehead atoms. The predicted molar refractivity (Wildman–Crippen MR) is 139 cm³/mol. The number of anilines is 2. The van der Waals surface area contributed by atoms with Gasteiger partial charge in [0.25, 0.3) is 0 Å². The summed E-state index contributed by atoms with van der Waals surface area (Å²) in [6.07, 6.45) is 2.26. The molecule has 0 spiro atoms. The van der Waals surface area contributed by atoms with E-state index in [9.17, 15) is 4.79 Å². The zero-order valence-electron chi connectivity index (χ0n) is 21.0. The van der Waals surface area contributed by atoms with Crippen molar-refractivity contribution in [2.45, 2.75) is 32.8 Å². The highest BCUT2D eigenvalue weighted by Gasteiger charge is 2.18. The second-order valence-corrected chi connectivity index (χ2v) is 8.28. The Hall–Kier alpha value is -3.43. The van der Waals surface area contributed by atoms with E-state index in [0.717, 1.165) is 0 Å². The Bertz CT molecular complexity index is 1020. The maximum Gasteiger partial charge on any atom is 0.319 e. The molecular formula is C26H35FN4O4. The highest BCUT2D eigenvalue weighted by Crippen LogP contribution is 2.34. The Labute approximate surface area is 206 Å². The first kappa shape index (κ1) is 27.8. The van der Waals surface area contributed by atoms with Crippen LogP contribution >= 0.6 is 0 Å². The van der Waals surface area contributed by atoms with Crippen LogP contribution in [0.3, 0.4) is 0 Å². The van der Waals surface area contributed by atoms with Crippen LogP contribution < -0.4 is 20.7 Å². The van der Waals surface area contributed by atoms with E-state index in [0.29, 0.717) is 42.3 Å². The lowest BCUT2D eigenvalue weighted by atomic mass is 10.1. The predicted octanol–water partition coefficient (Wildman–Crippen LogP) is 5.59. The zero-order chi connectivity index (χ0) is 25.8. The summed E-state index contributed by atoms with van der Waals surface area (Å²) in [5.74, 6) is -0.470. The van der Waals surface area contributed by atoms with Gasteiger partial charge in [0.05, 0.1) is 23.5 Å². The van der Waals surface area contributed by atoms with Crippen LogP contribution in [0.2, 0.25) is 0 Å². The fourth-order valence-corrected chi connectivity index (χ4v) is 3.05. The van der Waals surface area contributed by atoms with Crippen molar-refractivity contribution in [2.75, 3.05) is 44.6 Å². The molecule has 190 valence electrons. The van der Waals surface area contributed by atoms with Crippen LogP contribution in [0, 0.1) is 5.82 Å². The maximum atomic E-state index is 15.2. The summed E-state index contributed by atoms with van der Waals surface area (Å²) in [5.41, 5.74) is 1.92.